The Hall–Kier alpha value is -1.19. The van der Waals surface area contributed by atoms with Crippen LogP contribution in [0.1, 0.15) is 45.7 Å². The zero-order valence-electron chi connectivity index (χ0n) is 12.0. The summed E-state index contributed by atoms with van der Waals surface area (Å²) in [6.07, 6.45) is 3.61. The normalized spacial score (nSPS) is 27.7. The van der Waals surface area contributed by atoms with Gasteiger partial charge in [0.1, 0.15) is 5.82 Å². The molecule has 1 aliphatic carbocycles. The average Bonchev–Trinajstić information content (AvgIpc) is 2.78. The third-order valence-corrected chi connectivity index (χ3v) is 4.40. The number of nitrogen functional groups attached to an aromatic ring is 1. The van der Waals surface area contributed by atoms with Crippen molar-refractivity contribution < 1.29 is 0 Å². The van der Waals surface area contributed by atoms with Crippen LogP contribution in [0.2, 0.25) is 0 Å². The Bertz CT molecular complexity index is 410. The molecule has 1 aromatic heterocycles. The summed E-state index contributed by atoms with van der Waals surface area (Å²) < 4.78 is 2.03. The minimum Gasteiger partial charge on any atom is -0.394 e. The minimum atomic E-state index is 0.536. The second kappa shape index (κ2) is 5.21. The fraction of sp³-hybridized carbons (Fsp3) is 0.786. The molecule has 18 heavy (non-hydrogen) atoms. The molecule has 3 unspecified atom stereocenters. The van der Waals surface area contributed by atoms with Gasteiger partial charge in [0.05, 0.1) is 11.4 Å². The van der Waals surface area contributed by atoms with Gasteiger partial charge in [-0.2, -0.15) is 5.10 Å². The largest absolute Gasteiger partial charge is 0.394 e. The van der Waals surface area contributed by atoms with Crippen LogP contribution in [-0.4, -0.2) is 15.8 Å². The molecule has 1 aromatic rings. The highest BCUT2D eigenvalue weighted by molar-refractivity contribution is 5.65. The van der Waals surface area contributed by atoms with Crippen LogP contribution in [0.25, 0.3) is 0 Å². The number of anilines is 2. The van der Waals surface area contributed by atoms with Gasteiger partial charge < -0.3 is 11.1 Å². The Balaban J connectivity index is 2.17. The summed E-state index contributed by atoms with van der Waals surface area (Å²) in [5, 5.41) is 8.15. The summed E-state index contributed by atoms with van der Waals surface area (Å²) in [6.45, 7) is 9.74. The van der Waals surface area contributed by atoms with Crippen LogP contribution in [0.3, 0.4) is 0 Å². The Morgan fingerprint density at radius 1 is 1.39 bits per heavy atom. The maximum Gasteiger partial charge on any atom is 0.148 e. The molecule has 3 N–H and O–H groups in total. The second-order valence-corrected chi connectivity index (χ2v) is 5.74. The van der Waals surface area contributed by atoms with Crippen molar-refractivity contribution in [2.45, 2.75) is 59.5 Å². The maximum absolute atomic E-state index is 6.15. The summed E-state index contributed by atoms with van der Waals surface area (Å²) in [5.74, 6) is 2.53. The molecule has 3 atom stereocenters. The summed E-state index contributed by atoms with van der Waals surface area (Å²) >= 11 is 0. The van der Waals surface area contributed by atoms with E-state index in [0.717, 1.165) is 36.1 Å². The highest BCUT2D eigenvalue weighted by Gasteiger charge is 2.30. The Labute approximate surface area is 110 Å². The van der Waals surface area contributed by atoms with Crippen molar-refractivity contribution in [3.8, 4) is 0 Å². The van der Waals surface area contributed by atoms with Crippen LogP contribution in [0, 0.1) is 18.8 Å². The molecule has 0 spiro atoms. The first-order valence-electron chi connectivity index (χ1n) is 7.14. The monoisotopic (exact) mass is 250 g/mol. The van der Waals surface area contributed by atoms with Crippen LogP contribution in [0.5, 0.6) is 0 Å². The highest BCUT2D eigenvalue weighted by atomic mass is 15.3. The number of hydrogen-bond donors (Lipinski definition) is 2. The lowest BCUT2D eigenvalue weighted by atomic mass is 9.98. The molecule has 1 fully saturated rings. The third kappa shape index (κ3) is 2.33. The topological polar surface area (TPSA) is 55.9 Å². The lowest BCUT2D eigenvalue weighted by Crippen LogP contribution is -2.26. The van der Waals surface area contributed by atoms with Gasteiger partial charge >= 0.3 is 0 Å². The fourth-order valence-corrected chi connectivity index (χ4v) is 2.87. The lowest BCUT2D eigenvalue weighted by Gasteiger charge is -2.21. The average molecular weight is 250 g/mol. The van der Waals surface area contributed by atoms with Crippen molar-refractivity contribution in [1.29, 1.82) is 0 Å². The SMILES string of the molecule is CCCn1nc(C)c(N)c1NC1CCC(C)C1C. The molecular formula is C14H26N4. The second-order valence-electron chi connectivity index (χ2n) is 5.74. The van der Waals surface area contributed by atoms with Crippen molar-refractivity contribution in [2.75, 3.05) is 11.1 Å². The van der Waals surface area contributed by atoms with E-state index in [1.165, 1.54) is 12.8 Å². The van der Waals surface area contributed by atoms with Gasteiger partial charge in [-0.15, -0.1) is 0 Å². The Kier molecular flexibility index (Phi) is 3.83. The van der Waals surface area contributed by atoms with Crippen molar-refractivity contribution in [3.63, 3.8) is 0 Å². The van der Waals surface area contributed by atoms with Crippen LogP contribution in [0.4, 0.5) is 11.5 Å². The molecule has 4 heteroatoms. The van der Waals surface area contributed by atoms with E-state index < -0.39 is 0 Å². The minimum absolute atomic E-state index is 0.536. The molecule has 0 saturated heterocycles. The number of nitrogens with two attached hydrogens (primary N) is 1. The Morgan fingerprint density at radius 3 is 2.67 bits per heavy atom. The van der Waals surface area contributed by atoms with Gasteiger partial charge in [0.25, 0.3) is 0 Å². The standard InChI is InChI=1S/C14H26N4/c1-5-8-18-14(13(15)11(4)17-18)16-12-7-6-9(2)10(12)3/h9-10,12,16H,5-8,15H2,1-4H3. The van der Waals surface area contributed by atoms with Crippen molar-refractivity contribution >= 4 is 11.5 Å². The van der Waals surface area contributed by atoms with Crippen LogP contribution >= 0.6 is 0 Å². The number of hydrogen-bond acceptors (Lipinski definition) is 3. The van der Waals surface area contributed by atoms with E-state index in [-0.39, 0.29) is 0 Å². The molecule has 0 amide bonds. The smallest absolute Gasteiger partial charge is 0.148 e. The van der Waals surface area contributed by atoms with Gasteiger partial charge in [-0.1, -0.05) is 20.8 Å². The molecule has 0 bridgehead atoms. The molecule has 0 aliphatic heterocycles. The molecule has 0 radical (unpaired) electrons. The van der Waals surface area contributed by atoms with Crippen molar-refractivity contribution in [3.05, 3.63) is 5.69 Å². The van der Waals surface area contributed by atoms with Gasteiger partial charge in [0.15, 0.2) is 0 Å². The summed E-state index contributed by atoms with van der Waals surface area (Å²) in [7, 11) is 0. The third-order valence-electron chi connectivity index (χ3n) is 4.40. The summed E-state index contributed by atoms with van der Waals surface area (Å²) in [4.78, 5) is 0. The van der Waals surface area contributed by atoms with E-state index in [1.54, 1.807) is 0 Å². The molecular weight excluding hydrogens is 224 g/mol. The highest BCUT2D eigenvalue weighted by Crippen LogP contribution is 2.35. The number of aryl methyl sites for hydroxylation is 2. The predicted octanol–water partition coefficient (Wildman–Crippen LogP) is 3.03. The number of nitrogens with zero attached hydrogens (tertiary/aromatic N) is 2. The van der Waals surface area contributed by atoms with Crippen molar-refractivity contribution in [1.82, 2.24) is 9.78 Å². The number of nitrogens with one attached hydrogen (secondary N) is 1. The molecule has 1 heterocycles. The van der Waals surface area contributed by atoms with Crippen LogP contribution < -0.4 is 11.1 Å². The number of rotatable bonds is 4. The van der Waals surface area contributed by atoms with Gasteiger partial charge in [-0.05, 0) is 38.0 Å². The summed E-state index contributed by atoms with van der Waals surface area (Å²) in [6, 6.07) is 0.536. The van der Waals surface area contributed by atoms with E-state index in [1.807, 2.05) is 11.6 Å². The maximum atomic E-state index is 6.15. The number of aromatic nitrogens is 2. The first-order chi connectivity index (χ1) is 8.54. The van der Waals surface area contributed by atoms with Crippen molar-refractivity contribution in [2.24, 2.45) is 11.8 Å². The predicted molar refractivity (Wildman–Crippen MR) is 76.6 cm³/mol. The lowest BCUT2D eigenvalue weighted by molar-refractivity contribution is 0.433. The molecule has 1 aliphatic rings. The fourth-order valence-electron chi connectivity index (χ4n) is 2.87. The molecule has 102 valence electrons. The van der Waals surface area contributed by atoms with E-state index in [2.05, 4.69) is 31.2 Å². The van der Waals surface area contributed by atoms with Gasteiger partial charge in [0.2, 0.25) is 0 Å². The van der Waals surface area contributed by atoms with Gasteiger partial charge in [-0.25, -0.2) is 4.68 Å². The van der Waals surface area contributed by atoms with Gasteiger partial charge in [-0.3, -0.25) is 0 Å². The first-order valence-corrected chi connectivity index (χ1v) is 7.14. The van der Waals surface area contributed by atoms with E-state index in [0.29, 0.717) is 12.0 Å². The summed E-state index contributed by atoms with van der Waals surface area (Å²) in [5.41, 5.74) is 7.90. The van der Waals surface area contributed by atoms with E-state index in [9.17, 15) is 0 Å². The molecule has 4 nitrogen and oxygen atoms in total. The zero-order chi connectivity index (χ0) is 13.3. The van der Waals surface area contributed by atoms with E-state index >= 15 is 0 Å². The van der Waals surface area contributed by atoms with Gasteiger partial charge in [0, 0.05) is 12.6 Å². The quantitative estimate of drug-likeness (QED) is 0.863. The van der Waals surface area contributed by atoms with Crippen LogP contribution in [-0.2, 0) is 6.54 Å². The molecule has 0 aromatic carbocycles. The van der Waals surface area contributed by atoms with Crippen LogP contribution in [0.15, 0.2) is 0 Å². The molecule has 2 rings (SSSR count). The Morgan fingerprint density at radius 2 is 2.11 bits per heavy atom. The first kappa shape index (κ1) is 13.2. The zero-order valence-corrected chi connectivity index (χ0v) is 12.0. The molecule has 1 saturated carbocycles. The van der Waals surface area contributed by atoms with E-state index in [4.69, 9.17) is 5.73 Å².